The van der Waals surface area contributed by atoms with Crippen molar-refractivity contribution >= 4 is 60.2 Å². The molecule has 1 nitrogen and oxygen atoms in total. The normalized spacial score (nSPS) is 11.4. The number of rotatable bonds is 6. The first-order valence-corrected chi connectivity index (χ1v) is 18.3. The monoisotopic (exact) mass is 673 g/mol. The third kappa shape index (κ3) is 5.34. The summed E-state index contributed by atoms with van der Waals surface area (Å²) in [5.74, 6) is 0. The van der Waals surface area contributed by atoms with Gasteiger partial charge in [-0.15, -0.1) is 0 Å². The topological polar surface area (TPSA) is 3.24 Å². The van der Waals surface area contributed by atoms with E-state index in [4.69, 9.17) is 0 Å². The smallest absolute Gasteiger partial charge is 0.0468 e. The van der Waals surface area contributed by atoms with Gasteiger partial charge in [0.2, 0.25) is 0 Å². The van der Waals surface area contributed by atoms with Crippen LogP contribution >= 0.6 is 0 Å². The lowest BCUT2D eigenvalue weighted by Crippen LogP contribution is -2.09. The average Bonchev–Trinajstić information content (AvgIpc) is 3.24. The number of benzene rings is 10. The molecule has 0 unspecified atom stereocenters. The highest BCUT2D eigenvalue weighted by atomic mass is 15.1. The van der Waals surface area contributed by atoms with E-state index in [1.165, 1.54) is 76.5 Å². The fourth-order valence-corrected chi connectivity index (χ4v) is 8.22. The Bertz CT molecular complexity index is 2880. The van der Waals surface area contributed by atoms with E-state index in [-0.39, 0.29) is 0 Å². The lowest BCUT2D eigenvalue weighted by Gasteiger charge is -2.27. The van der Waals surface area contributed by atoms with Gasteiger partial charge in [-0.2, -0.15) is 0 Å². The second-order valence-electron chi connectivity index (χ2n) is 13.7. The highest BCUT2D eigenvalue weighted by Crippen LogP contribution is 2.50. The predicted molar refractivity (Wildman–Crippen MR) is 227 cm³/mol. The van der Waals surface area contributed by atoms with E-state index in [1.54, 1.807) is 0 Å². The molecule has 0 N–H and O–H groups in total. The zero-order chi connectivity index (χ0) is 35.1. The second-order valence-corrected chi connectivity index (χ2v) is 13.7. The Kier molecular flexibility index (Phi) is 7.55. The number of nitrogens with zero attached hydrogens (tertiary/aromatic N) is 1. The molecular formula is C52H35N. The molecule has 0 aliphatic carbocycles. The van der Waals surface area contributed by atoms with E-state index in [0.717, 1.165) is 17.1 Å². The maximum absolute atomic E-state index is 2.44. The summed E-state index contributed by atoms with van der Waals surface area (Å²) in [5, 5.41) is 9.98. The van der Waals surface area contributed by atoms with Crippen LogP contribution in [0.2, 0.25) is 0 Å². The molecular weight excluding hydrogens is 639 g/mol. The van der Waals surface area contributed by atoms with Gasteiger partial charge in [0, 0.05) is 17.1 Å². The van der Waals surface area contributed by atoms with Crippen LogP contribution in [0, 0.1) is 0 Å². The Labute approximate surface area is 309 Å². The van der Waals surface area contributed by atoms with Crippen molar-refractivity contribution in [1.29, 1.82) is 0 Å². The van der Waals surface area contributed by atoms with E-state index in [2.05, 4.69) is 217 Å². The molecule has 0 aromatic heterocycles. The second kappa shape index (κ2) is 13.0. The Morgan fingerprint density at radius 3 is 1.45 bits per heavy atom. The molecule has 0 amide bonds. The van der Waals surface area contributed by atoms with E-state index >= 15 is 0 Å². The molecule has 0 aliphatic heterocycles. The fraction of sp³-hybridized carbons (Fsp3) is 0. The number of fused-ring (bicyclic) bond motifs is 7. The van der Waals surface area contributed by atoms with E-state index in [1.807, 2.05) is 0 Å². The summed E-state index contributed by atoms with van der Waals surface area (Å²) in [7, 11) is 0. The summed E-state index contributed by atoms with van der Waals surface area (Å²) in [6.45, 7) is 0. The van der Waals surface area contributed by atoms with Crippen molar-refractivity contribution in [2.45, 2.75) is 0 Å². The lowest BCUT2D eigenvalue weighted by molar-refractivity contribution is 1.29. The minimum atomic E-state index is 1.12. The van der Waals surface area contributed by atoms with Crippen LogP contribution in [0.15, 0.2) is 212 Å². The molecule has 0 heterocycles. The Hall–Kier alpha value is -6.96. The molecule has 248 valence electrons. The van der Waals surface area contributed by atoms with Gasteiger partial charge in [0.15, 0.2) is 0 Å². The van der Waals surface area contributed by atoms with Crippen molar-refractivity contribution in [3.8, 4) is 33.4 Å². The van der Waals surface area contributed by atoms with Gasteiger partial charge in [-0.05, 0) is 125 Å². The molecule has 0 fully saturated rings. The third-order valence-corrected chi connectivity index (χ3v) is 10.6. The van der Waals surface area contributed by atoms with Crippen molar-refractivity contribution < 1.29 is 0 Å². The van der Waals surface area contributed by atoms with Crippen molar-refractivity contribution in [1.82, 2.24) is 0 Å². The van der Waals surface area contributed by atoms with Crippen molar-refractivity contribution in [3.63, 3.8) is 0 Å². The van der Waals surface area contributed by atoms with Gasteiger partial charge in [-0.25, -0.2) is 0 Å². The quantitative estimate of drug-likeness (QED) is 0.159. The Balaban J connectivity index is 1.38. The van der Waals surface area contributed by atoms with Gasteiger partial charge >= 0.3 is 0 Å². The molecule has 10 aromatic carbocycles. The van der Waals surface area contributed by atoms with E-state index in [9.17, 15) is 0 Å². The molecule has 0 spiro atoms. The molecule has 0 atom stereocenters. The fourth-order valence-electron chi connectivity index (χ4n) is 8.22. The first kappa shape index (κ1) is 30.8. The van der Waals surface area contributed by atoms with Crippen LogP contribution in [-0.2, 0) is 0 Å². The van der Waals surface area contributed by atoms with Crippen LogP contribution < -0.4 is 4.90 Å². The molecule has 0 saturated carbocycles. The van der Waals surface area contributed by atoms with Crippen LogP contribution in [-0.4, -0.2) is 0 Å². The van der Waals surface area contributed by atoms with Crippen LogP contribution in [0.1, 0.15) is 0 Å². The standard InChI is InChI=1S/C52H35N/c1-5-18-37(19-6-1)47-35-48(38-20-7-2-8-21-38)51-46-32-31-43(53(41-23-9-3-10-24-41)42-25-11-4-12-26-42)34-49(46)44-27-15-16-28-45(44)52(51)50(47)40-30-29-36-17-13-14-22-39(36)33-40/h1-35H. The summed E-state index contributed by atoms with van der Waals surface area (Å²) < 4.78 is 0. The molecule has 1 heteroatoms. The zero-order valence-electron chi connectivity index (χ0n) is 29.2. The molecule has 10 aromatic rings. The predicted octanol–water partition coefficient (Wildman–Crippen LogP) is 14.8. The number of hydrogen-bond donors (Lipinski definition) is 0. The van der Waals surface area contributed by atoms with Crippen molar-refractivity contribution in [3.05, 3.63) is 212 Å². The number of anilines is 3. The summed E-state index contributed by atoms with van der Waals surface area (Å²) in [4.78, 5) is 2.36. The summed E-state index contributed by atoms with van der Waals surface area (Å²) in [5.41, 5.74) is 10.7. The van der Waals surface area contributed by atoms with Crippen molar-refractivity contribution in [2.24, 2.45) is 0 Å². The minimum absolute atomic E-state index is 1.12. The third-order valence-electron chi connectivity index (χ3n) is 10.6. The average molecular weight is 674 g/mol. The minimum Gasteiger partial charge on any atom is -0.310 e. The molecule has 0 aliphatic rings. The number of hydrogen-bond acceptors (Lipinski definition) is 1. The van der Waals surface area contributed by atoms with E-state index < -0.39 is 0 Å². The highest BCUT2D eigenvalue weighted by molar-refractivity contribution is 6.33. The first-order chi connectivity index (χ1) is 26.3. The number of para-hydroxylation sites is 2. The van der Waals surface area contributed by atoms with Gasteiger partial charge in [-0.1, -0.05) is 164 Å². The van der Waals surface area contributed by atoms with Crippen LogP contribution in [0.5, 0.6) is 0 Å². The summed E-state index contributed by atoms with van der Waals surface area (Å²) in [6, 6.07) is 77.3. The summed E-state index contributed by atoms with van der Waals surface area (Å²) >= 11 is 0. The van der Waals surface area contributed by atoms with E-state index in [0.29, 0.717) is 0 Å². The Morgan fingerprint density at radius 1 is 0.264 bits per heavy atom. The van der Waals surface area contributed by atoms with Crippen LogP contribution in [0.25, 0.3) is 76.5 Å². The lowest BCUT2D eigenvalue weighted by atomic mass is 9.81. The van der Waals surface area contributed by atoms with Crippen molar-refractivity contribution in [2.75, 3.05) is 4.90 Å². The largest absolute Gasteiger partial charge is 0.310 e. The van der Waals surface area contributed by atoms with Gasteiger partial charge in [0.1, 0.15) is 0 Å². The maximum atomic E-state index is 2.44. The molecule has 10 rings (SSSR count). The van der Waals surface area contributed by atoms with Gasteiger partial charge in [0.25, 0.3) is 0 Å². The summed E-state index contributed by atoms with van der Waals surface area (Å²) in [6.07, 6.45) is 0. The molecule has 0 radical (unpaired) electrons. The maximum Gasteiger partial charge on any atom is 0.0468 e. The zero-order valence-corrected chi connectivity index (χ0v) is 29.2. The van der Waals surface area contributed by atoms with Gasteiger partial charge < -0.3 is 4.90 Å². The highest BCUT2D eigenvalue weighted by Gasteiger charge is 2.23. The van der Waals surface area contributed by atoms with Gasteiger partial charge in [-0.3, -0.25) is 0 Å². The molecule has 0 saturated heterocycles. The molecule has 0 bridgehead atoms. The van der Waals surface area contributed by atoms with Crippen LogP contribution in [0.4, 0.5) is 17.1 Å². The van der Waals surface area contributed by atoms with Gasteiger partial charge in [0.05, 0.1) is 0 Å². The Morgan fingerprint density at radius 2 is 0.792 bits per heavy atom. The molecule has 53 heavy (non-hydrogen) atoms. The SMILES string of the molecule is c1ccc(-c2cc(-c3ccccc3)c3c4ccc(N(c5ccccc5)c5ccccc5)cc4c4ccccc4c3c2-c2ccc3ccccc3c2)cc1. The van der Waals surface area contributed by atoms with Crippen LogP contribution in [0.3, 0.4) is 0 Å². The first-order valence-electron chi connectivity index (χ1n) is 18.3.